The van der Waals surface area contributed by atoms with E-state index < -0.39 is 9.04 Å². The highest BCUT2D eigenvalue weighted by atomic mass is 28.3. The van der Waals surface area contributed by atoms with Gasteiger partial charge in [-0.25, -0.2) is 0 Å². The zero-order chi connectivity index (χ0) is 11.0. The Bertz CT molecular complexity index is 128. The van der Waals surface area contributed by atoms with Gasteiger partial charge in [0, 0.05) is 0 Å². The van der Waals surface area contributed by atoms with Crippen LogP contribution in [0.2, 0.25) is 12.1 Å². The zero-order valence-corrected chi connectivity index (χ0v) is 11.9. The van der Waals surface area contributed by atoms with Crippen molar-refractivity contribution in [3.05, 3.63) is 0 Å². The molecule has 0 bridgehead atoms. The van der Waals surface area contributed by atoms with Crippen molar-refractivity contribution in [1.82, 2.24) is 0 Å². The molecule has 0 fully saturated rings. The van der Waals surface area contributed by atoms with E-state index in [9.17, 15) is 0 Å². The molecule has 0 aliphatic rings. The molecule has 0 radical (unpaired) electrons. The fourth-order valence-electron chi connectivity index (χ4n) is 2.09. The van der Waals surface area contributed by atoms with Crippen LogP contribution in [-0.4, -0.2) is 14.6 Å². The van der Waals surface area contributed by atoms with E-state index in [1.807, 2.05) is 0 Å². The standard InChI is InChI=1S/C12H28OSi/c1-6-11-12(7-2,8-3)13-14(9-4)10-5/h14H,6-11H2,1-5H3. The first kappa shape index (κ1) is 14.2. The van der Waals surface area contributed by atoms with E-state index in [0.717, 1.165) is 0 Å². The van der Waals surface area contributed by atoms with Gasteiger partial charge in [-0.1, -0.05) is 41.0 Å². The Hall–Kier alpha value is 0.177. The SMILES string of the molecule is CCCC(CC)(CC)O[SiH](CC)CC. The van der Waals surface area contributed by atoms with Gasteiger partial charge in [0.2, 0.25) is 0 Å². The first-order valence-electron chi connectivity index (χ1n) is 6.35. The van der Waals surface area contributed by atoms with E-state index in [0.29, 0.717) is 0 Å². The highest BCUT2D eigenvalue weighted by Gasteiger charge is 2.28. The maximum absolute atomic E-state index is 6.41. The van der Waals surface area contributed by atoms with Crippen molar-refractivity contribution in [2.24, 2.45) is 0 Å². The van der Waals surface area contributed by atoms with Crippen molar-refractivity contribution in [1.29, 1.82) is 0 Å². The lowest BCUT2D eigenvalue weighted by Crippen LogP contribution is -2.37. The van der Waals surface area contributed by atoms with Crippen LogP contribution in [0.25, 0.3) is 0 Å². The minimum atomic E-state index is -0.884. The van der Waals surface area contributed by atoms with Gasteiger partial charge in [-0.15, -0.1) is 0 Å². The molecule has 0 spiro atoms. The Labute approximate surface area is 92.0 Å². The molecule has 0 N–H and O–H groups in total. The van der Waals surface area contributed by atoms with E-state index in [-0.39, 0.29) is 5.60 Å². The average molecular weight is 216 g/mol. The van der Waals surface area contributed by atoms with Gasteiger partial charge in [-0.2, -0.15) is 0 Å². The smallest absolute Gasteiger partial charge is 0.177 e. The molecule has 0 atom stereocenters. The third kappa shape index (κ3) is 4.14. The van der Waals surface area contributed by atoms with Crippen LogP contribution in [0.3, 0.4) is 0 Å². The van der Waals surface area contributed by atoms with Crippen molar-refractivity contribution >= 4 is 9.04 Å². The Morgan fingerprint density at radius 1 is 0.929 bits per heavy atom. The summed E-state index contributed by atoms with van der Waals surface area (Å²) in [4.78, 5) is 0. The molecule has 0 aliphatic carbocycles. The van der Waals surface area contributed by atoms with Crippen LogP contribution in [0, 0.1) is 0 Å². The van der Waals surface area contributed by atoms with Crippen LogP contribution in [0.5, 0.6) is 0 Å². The summed E-state index contributed by atoms with van der Waals surface area (Å²) in [6.45, 7) is 11.4. The Kier molecular flexibility index (Phi) is 7.56. The van der Waals surface area contributed by atoms with Gasteiger partial charge in [-0.3, -0.25) is 0 Å². The Morgan fingerprint density at radius 2 is 1.43 bits per heavy atom. The third-order valence-corrected chi connectivity index (χ3v) is 5.98. The molecular weight excluding hydrogens is 188 g/mol. The predicted molar refractivity (Wildman–Crippen MR) is 67.4 cm³/mol. The van der Waals surface area contributed by atoms with Crippen LogP contribution >= 0.6 is 0 Å². The molecule has 0 aromatic rings. The van der Waals surface area contributed by atoms with Gasteiger partial charge in [0.15, 0.2) is 9.04 Å². The highest BCUT2D eigenvalue weighted by molar-refractivity contribution is 6.51. The average Bonchev–Trinajstić information content (AvgIpc) is 2.24. The van der Waals surface area contributed by atoms with Gasteiger partial charge >= 0.3 is 0 Å². The van der Waals surface area contributed by atoms with Crippen LogP contribution in [0.4, 0.5) is 0 Å². The van der Waals surface area contributed by atoms with Crippen molar-refractivity contribution in [2.75, 3.05) is 0 Å². The van der Waals surface area contributed by atoms with Crippen LogP contribution in [-0.2, 0) is 4.43 Å². The Morgan fingerprint density at radius 3 is 1.71 bits per heavy atom. The van der Waals surface area contributed by atoms with E-state index >= 15 is 0 Å². The van der Waals surface area contributed by atoms with E-state index in [1.54, 1.807) is 0 Å². The Balaban J connectivity index is 4.31. The highest BCUT2D eigenvalue weighted by Crippen LogP contribution is 2.28. The number of hydrogen-bond donors (Lipinski definition) is 0. The van der Waals surface area contributed by atoms with Gasteiger partial charge in [0.05, 0.1) is 5.60 Å². The topological polar surface area (TPSA) is 9.23 Å². The van der Waals surface area contributed by atoms with E-state index in [1.165, 1.54) is 37.8 Å². The van der Waals surface area contributed by atoms with Crippen LogP contribution < -0.4 is 0 Å². The summed E-state index contributed by atoms with van der Waals surface area (Å²) in [5.74, 6) is 0. The molecule has 86 valence electrons. The minimum absolute atomic E-state index is 0.220. The molecule has 0 amide bonds. The van der Waals surface area contributed by atoms with E-state index in [4.69, 9.17) is 4.43 Å². The molecule has 0 aromatic heterocycles. The normalized spacial score (nSPS) is 12.4. The molecule has 0 unspecified atom stereocenters. The van der Waals surface area contributed by atoms with Gasteiger partial charge in [0.25, 0.3) is 0 Å². The number of hydrogen-bond acceptors (Lipinski definition) is 1. The zero-order valence-electron chi connectivity index (χ0n) is 10.7. The molecule has 14 heavy (non-hydrogen) atoms. The van der Waals surface area contributed by atoms with Crippen molar-refractivity contribution < 1.29 is 4.43 Å². The summed E-state index contributed by atoms with van der Waals surface area (Å²) < 4.78 is 6.41. The van der Waals surface area contributed by atoms with Gasteiger partial charge in [0.1, 0.15) is 0 Å². The minimum Gasteiger partial charge on any atom is -0.415 e. The second-order valence-electron chi connectivity index (χ2n) is 4.20. The first-order chi connectivity index (χ1) is 6.67. The molecule has 0 aliphatic heterocycles. The summed E-state index contributed by atoms with van der Waals surface area (Å²) >= 11 is 0. The molecule has 2 heteroatoms. The van der Waals surface area contributed by atoms with Gasteiger partial charge < -0.3 is 4.43 Å². The van der Waals surface area contributed by atoms with Gasteiger partial charge in [-0.05, 0) is 31.4 Å². The summed E-state index contributed by atoms with van der Waals surface area (Å²) in [6.07, 6.45) is 4.85. The lowest BCUT2D eigenvalue weighted by atomic mass is 9.92. The summed E-state index contributed by atoms with van der Waals surface area (Å²) in [5, 5.41) is 0. The molecule has 0 heterocycles. The van der Waals surface area contributed by atoms with Crippen LogP contribution in [0.15, 0.2) is 0 Å². The monoisotopic (exact) mass is 216 g/mol. The molecular formula is C12H28OSi. The maximum Gasteiger partial charge on any atom is 0.177 e. The lowest BCUT2D eigenvalue weighted by molar-refractivity contribution is 0.0469. The fraction of sp³-hybridized carbons (Fsp3) is 1.00. The fourth-order valence-corrected chi connectivity index (χ4v) is 4.16. The largest absolute Gasteiger partial charge is 0.415 e. The predicted octanol–water partition coefficient (Wildman–Crippen LogP) is 4.13. The molecule has 0 rings (SSSR count). The molecule has 0 saturated carbocycles. The quantitative estimate of drug-likeness (QED) is 0.554. The van der Waals surface area contributed by atoms with Crippen molar-refractivity contribution in [3.63, 3.8) is 0 Å². The third-order valence-electron chi connectivity index (χ3n) is 3.32. The van der Waals surface area contributed by atoms with E-state index in [2.05, 4.69) is 34.6 Å². The molecule has 1 nitrogen and oxygen atoms in total. The second kappa shape index (κ2) is 7.47. The summed E-state index contributed by atoms with van der Waals surface area (Å²) in [5.41, 5.74) is 0.220. The molecule has 0 aromatic carbocycles. The maximum atomic E-state index is 6.41. The summed E-state index contributed by atoms with van der Waals surface area (Å²) in [7, 11) is -0.884. The molecule has 0 saturated heterocycles. The lowest BCUT2D eigenvalue weighted by Gasteiger charge is -2.35. The summed E-state index contributed by atoms with van der Waals surface area (Å²) in [6, 6.07) is 2.56. The van der Waals surface area contributed by atoms with Crippen LogP contribution in [0.1, 0.15) is 60.3 Å². The van der Waals surface area contributed by atoms with Crippen molar-refractivity contribution in [2.45, 2.75) is 78.0 Å². The number of rotatable bonds is 8. The van der Waals surface area contributed by atoms with Crippen molar-refractivity contribution in [3.8, 4) is 0 Å². The second-order valence-corrected chi connectivity index (χ2v) is 7.31. The first-order valence-corrected chi connectivity index (χ1v) is 8.46.